The molecule has 1 heterocycles. The van der Waals surface area contributed by atoms with E-state index < -0.39 is 18.6 Å². The lowest BCUT2D eigenvalue weighted by atomic mass is 10.1. The maximum atomic E-state index is 12.2. The molecule has 0 saturated heterocycles. The summed E-state index contributed by atoms with van der Waals surface area (Å²) in [6.07, 6.45) is -5.22. The molecular weight excluding hydrogens is 243 g/mol. The number of fused-ring (bicyclic) bond motifs is 1. The zero-order valence-corrected chi connectivity index (χ0v) is 9.91. The Hall–Kier alpha value is -1.56. The Bertz CT molecular complexity index is 545. The summed E-state index contributed by atoms with van der Waals surface area (Å²) in [5.74, 6) is 0. The van der Waals surface area contributed by atoms with Crippen molar-refractivity contribution in [2.24, 2.45) is 12.8 Å². The Morgan fingerprint density at radius 1 is 1.33 bits per heavy atom. The third kappa shape index (κ3) is 2.64. The molecule has 98 valence electrons. The van der Waals surface area contributed by atoms with Crippen molar-refractivity contribution in [3.63, 3.8) is 0 Å². The van der Waals surface area contributed by atoms with E-state index >= 15 is 0 Å². The minimum atomic E-state index is -4.18. The van der Waals surface area contributed by atoms with Crippen LogP contribution in [-0.4, -0.2) is 16.0 Å². The highest BCUT2D eigenvalue weighted by atomic mass is 19.4. The van der Waals surface area contributed by atoms with Gasteiger partial charge >= 0.3 is 6.18 Å². The van der Waals surface area contributed by atoms with E-state index in [1.165, 1.54) is 0 Å². The first-order valence-electron chi connectivity index (χ1n) is 5.62. The van der Waals surface area contributed by atoms with Gasteiger partial charge < -0.3 is 5.73 Å². The second kappa shape index (κ2) is 4.61. The van der Waals surface area contributed by atoms with E-state index in [0.717, 1.165) is 10.9 Å². The van der Waals surface area contributed by atoms with Crippen LogP contribution in [0.3, 0.4) is 0 Å². The van der Waals surface area contributed by atoms with E-state index in [1.54, 1.807) is 11.7 Å². The third-order valence-electron chi connectivity index (χ3n) is 2.88. The number of hydrogen-bond acceptors (Lipinski definition) is 2. The second-order valence-corrected chi connectivity index (χ2v) is 4.29. The molecule has 6 heteroatoms. The Labute approximate surface area is 102 Å². The molecule has 2 aromatic rings. The van der Waals surface area contributed by atoms with Gasteiger partial charge in [-0.1, -0.05) is 18.2 Å². The molecule has 0 aliphatic carbocycles. The zero-order chi connectivity index (χ0) is 13.3. The van der Waals surface area contributed by atoms with Gasteiger partial charge in [0.2, 0.25) is 0 Å². The van der Waals surface area contributed by atoms with Crippen LogP contribution in [0.2, 0.25) is 0 Å². The Morgan fingerprint density at radius 3 is 2.67 bits per heavy atom. The van der Waals surface area contributed by atoms with E-state index in [0.29, 0.717) is 5.69 Å². The number of alkyl halides is 3. The van der Waals surface area contributed by atoms with Crippen LogP contribution in [0.5, 0.6) is 0 Å². The number of aryl methyl sites for hydroxylation is 1. The van der Waals surface area contributed by atoms with Crippen LogP contribution in [0.1, 0.15) is 24.6 Å². The summed E-state index contributed by atoms with van der Waals surface area (Å²) in [7, 11) is 1.75. The molecule has 2 rings (SSSR count). The quantitative estimate of drug-likeness (QED) is 0.918. The van der Waals surface area contributed by atoms with Gasteiger partial charge in [0.05, 0.1) is 11.2 Å². The van der Waals surface area contributed by atoms with Gasteiger partial charge in [-0.05, 0) is 12.5 Å². The molecule has 0 bridgehead atoms. The number of benzene rings is 1. The molecule has 1 aromatic carbocycles. The fourth-order valence-electron chi connectivity index (χ4n) is 1.97. The number of nitrogens with zero attached hydrogens (tertiary/aromatic N) is 2. The van der Waals surface area contributed by atoms with Crippen molar-refractivity contribution in [3.05, 3.63) is 30.0 Å². The van der Waals surface area contributed by atoms with Gasteiger partial charge in [0.1, 0.15) is 0 Å². The number of nitrogens with two attached hydrogens (primary N) is 1. The maximum absolute atomic E-state index is 12.2. The monoisotopic (exact) mass is 257 g/mol. The molecule has 0 fully saturated rings. The maximum Gasteiger partial charge on any atom is 0.389 e. The Kier molecular flexibility index (Phi) is 3.30. The van der Waals surface area contributed by atoms with Crippen molar-refractivity contribution in [2.75, 3.05) is 0 Å². The second-order valence-electron chi connectivity index (χ2n) is 4.29. The largest absolute Gasteiger partial charge is 0.389 e. The highest BCUT2D eigenvalue weighted by Gasteiger charge is 2.28. The first-order chi connectivity index (χ1) is 8.38. The first kappa shape index (κ1) is 12.9. The summed E-state index contributed by atoms with van der Waals surface area (Å²) in [5.41, 5.74) is 7.20. The SMILES string of the molecule is Cn1nc(C(N)CCC(F)(F)F)c2ccccc21. The van der Waals surface area contributed by atoms with Gasteiger partial charge in [0, 0.05) is 24.9 Å². The van der Waals surface area contributed by atoms with Crippen LogP contribution in [0.15, 0.2) is 24.3 Å². The van der Waals surface area contributed by atoms with Gasteiger partial charge in [-0.15, -0.1) is 0 Å². The molecule has 1 atom stereocenters. The number of hydrogen-bond donors (Lipinski definition) is 1. The van der Waals surface area contributed by atoms with E-state index in [1.807, 2.05) is 24.3 Å². The number of para-hydroxylation sites is 1. The smallest absolute Gasteiger partial charge is 0.323 e. The topological polar surface area (TPSA) is 43.8 Å². The van der Waals surface area contributed by atoms with Crippen LogP contribution in [0, 0.1) is 0 Å². The summed E-state index contributed by atoms with van der Waals surface area (Å²) < 4.78 is 38.1. The van der Waals surface area contributed by atoms with Gasteiger partial charge in [-0.2, -0.15) is 18.3 Å². The molecule has 1 unspecified atom stereocenters. The molecule has 3 nitrogen and oxygen atoms in total. The zero-order valence-electron chi connectivity index (χ0n) is 9.91. The summed E-state index contributed by atoms with van der Waals surface area (Å²) in [4.78, 5) is 0. The van der Waals surface area contributed by atoms with Crippen molar-refractivity contribution in [2.45, 2.75) is 25.1 Å². The summed E-state index contributed by atoms with van der Waals surface area (Å²) >= 11 is 0. The van der Waals surface area contributed by atoms with Crippen molar-refractivity contribution in [1.29, 1.82) is 0 Å². The molecule has 0 aliphatic rings. The van der Waals surface area contributed by atoms with Crippen molar-refractivity contribution < 1.29 is 13.2 Å². The van der Waals surface area contributed by atoms with Crippen molar-refractivity contribution in [1.82, 2.24) is 9.78 Å². The molecule has 0 saturated carbocycles. The number of rotatable bonds is 3. The minimum absolute atomic E-state index is 0.148. The fraction of sp³-hybridized carbons (Fsp3) is 0.417. The molecule has 0 aliphatic heterocycles. The standard InChI is InChI=1S/C12H14F3N3/c1-18-10-5-3-2-4-8(10)11(17-18)9(16)6-7-12(13,14)15/h2-5,9H,6-7,16H2,1H3. The average molecular weight is 257 g/mol. The summed E-state index contributed by atoms with van der Waals surface area (Å²) in [6.45, 7) is 0. The molecule has 0 spiro atoms. The number of halogens is 3. The van der Waals surface area contributed by atoms with E-state index in [9.17, 15) is 13.2 Å². The highest BCUT2D eigenvalue weighted by molar-refractivity contribution is 5.82. The van der Waals surface area contributed by atoms with Gasteiger partial charge in [0.15, 0.2) is 0 Å². The Morgan fingerprint density at radius 2 is 2.00 bits per heavy atom. The average Bonchev–Trinajstić information content (AvgIpc) is 2.64. The Balaban J connectivity index is 2.25. The lowest BCUT2D eigenvalue weighted by molar-refractivity contribution is -0.136. The first-order valence-corrected chi connectivity index (χ1v) is 5.62. The lowest BCUT2D eigenvalue weighted by Gasteiger charge is -2.11. The molecule has 0 radical (unpaired) electrons. The van der Waals surface area contributed by atoms with Crippen molar-refractivity contribution in [3.8, 4) is 0 Å². The summed E-state index contributed by atoms with van der Waals surface area (Å²) in [5, 5.41) is 5.03. The molecule has 0 amide bonds. The van der Waals surface area contributed by atoms with E-state index in [4.69, 9.17) is 5.73 Å². The molecule has 2 N–H and O–H groups in total. The normalized spacial score (nSPS) is 14.1. The predicted octanol–water partition coefficient (Wildman–Crippen LogP) is 2.92. The third-order valence-corrected chi connectivity index (χ3v) is 2.88. The van der Waals surface area contributed by atoms with Gasteiger partial charge in [0.25, 0.3) is 0 Å². The molecule has 1 aromatic heterocycles. The van der Waals surface area contributed by atoms with Crippen LogP contribution in [-0.2, 0) is 7.05 Å². The lowest BCUT2D eigenvalue weighted by Crippen LogP contribution is -2.16. The van der Waals surface area contributed by atoms with Crippen LogP contribution in [0.25, 0.3) is 10.9 Å². The minimum Gasteiger partial charge on any atom is -0.323 e. The van der Waals surface area contributed by atoms with Crippen LogP contribution < -0.4 is 5.73 Å². The van der Waals surface area contributed by atoms with E-state index in [2.05, 4.69) is 5.10 Å². The summed E-state index contributed by atoms with van der Waals surface area (Å²) in [6, 6.07) is 6.67. The predicted molar refractivity (Wildman–Crippen MR) is 62.9 cm³/mol. The van der Waals surface area contributed by atoms with Gasteiger partial charge in [-0.25, -0.2) is 0 Å². The van der Waals surface area contributed by atoms with Crippen LogP contribution >= 0.6 is 0 Å². The van der Waals surface area contributed by atoms with Crippen molar-refractivity contribution >= 4 is 10.9 Å². The number of aromatic nitrogens is 2. The molecule has 18 heavy (non-hydrogen) atoms. The highest BCUT2D eigenvalue weighted by Crippen LogP contribution is 2.29. The van der Waals surface area contributed by atoms with Crippen LogP contribution in [0.4, 0.5) is 13.2 Å². The fourth-order valence-corrected chi connectivity index (χ4v) is 1.97. The van der Waals surface area contributed by atoms with E-state index in [-0.39, 0.29) is 6.42 Å². The molecular formula is C12H14F3N3. The van der Waals surface area contributed by atoms with Gasteiger partial charge in [-0.3, -0.25) is 4.68 Å².